The van der Waals surface area contributed by atoms with E-state index in [0.717, 1.165) is 6.26 Å². The number of ether oxygens (including phenoxy) is 1. The van der Waals surface area contributed by atoms with E-state index >= 15 is 0 Å². The summed E-state index contributed by atoms with van der Waals surface area (Å²) in [6.45, 7) is 1.63. The maximum atomic E-state index is 12.0. The van der Waals surface area contributed by atoms with E-state index in [4.69, 9.17) is 14.2 Å². The molecule has 0 radical (unpaired) electrons. The van der Waals surface area contributed by atoms with Crippen molar-refractivity contribution in [3.63, 3.8) is 0 Å². The number of carbonyl (C=O) groups excluding carboxylic acids is 2. The highest BCUT2D eigenvalue weighted by atomic mass is 32.2. The predicted octanol–water partition coefficient (Wildman–Crippen LogP) is -0.440. The highest BCUT2D eigenvalue weighted by Gasteiger charge is 2.45. The van der Waals surface area contributed by atoms with Gasteiger partial charge in [0.25, 0.3) is 10.1 Å². The average Bonchev–Trinajstić information content (AvgIpc) is 2.78. The minimum absolute atomic E-state index is 0.0911. The fraction of sp³-hybridized carbons (Fsp3) is 0.750. The molecule has 1 saturated carbocycles. The summed E-state index contributed by atoms with van der Waals surface area (Å²) in [5.74, 6) is -2.57. The zero-order valence-corrected chi connectivity index (χ0v) is 12.7. The molecule has 0 aromatic rings. The Labute approximate surface area is 123 Å². The van der Waals surface area contributed by atoms with Gasteiger partial charge in [-0.1, -0.05) is 0 Å². The molecule has 0 aromatic heterocycles. The molecule has 3 atom stereocenters. The lowest BCUT2D eigenvalue weighted by molar-refractivity contribution is -0.151. The second-order valence-electron chi connectivity index (χ2n) is 4.73. The number of carbonyl (C=O) groups is 2. The molecule has 0 saturated heterocycles. The quantitative estimate of drug-likeness (QED) is 0.400. The standard InChI is InChI=1S/C12H18N2O6S/c1-3-19-12(16)10-7-8(20-21(2,17)18)6-9(10)11(15)14-5-4-13/h8-10H,3,5-7H2,1-2H3,(H,14,15)/t8-,9+,10+/m0/s1. The third kappa shape index (κ3) is 5.32. The Hall–Kier alpha value is -1.66. The first-order chi connectivity index (χ1) is 9.78. The van der Waals surface area contributed by atoms with Gasteiger partial charge < -0.3 is 10.1 Å². The third-order valence-corrected chi connectivity index (χ3v) is 3.72. The lowest BCUT2D eigenvalue weighted by Crippen LogP contribution is -2.36. The summed E-state index contributed by atoms with van der Waals surface area (Å²) < 4.78 is 32.1. The van der Waals surface area contributed by atoms with Crippen LogP contribution in [0, 0.1) is 23.2 Å². The molecule has 0 bridgehead atoms. The molecule has 0 aromatic carbocycles. The first kappa shape index (κ1) is 17.4. The van der Waals surface area contributed by atoms with E-state index in [9.17, 15) is 18.0 Å². The number of rotatable bonds is 6. The van der Waals surface area contributed by atoms with Crippen LogP contribution in [0.5, 0.6) is 0 Å². The fourth-order valence-electron chi connectivity index (χ4n) is 2.37. The first-order valence-electron chi connectivity index (χ1n) is 6.48. The van der Waals surface area contributed by atoms with Crippen LogP contribution in [0.3, 0.4) is 0 Å². The summed E-state index contributed by atoms with van der Waals surface area (Å²) >= 11 is 0. The van der Waals surface area contributed by atoms with Gasteiger partial charge in [-0.05, 0) is 19.8 Å². The Kier molecular flexibility index (Phi) is 6.11. The summed E-state index contributed by atoms with van der Waals surface area (Å²) in [6, 6.07) is 1.77. The third-order valence-electron chi connectivity index (χ3n) is 3.10. The van der Waals surface area contributed by atoms with Gasteiger partial charge >= 0.3 is 5.97 Å². The van der Waals surface area contributed by atoms with Crippen LogP contribution >= 0.6 is 0 Å². The lowest BCUT2D eigenvalue weighted by Gasteiger charge is -2.16. The summed E-state index contributed by atoms with van der Waals surface area (Å²) in [5.41, 5.74) is 0. The first-order valence-corrected chi connectivity index (χ1v) is 8.29. The van der Waals surface area contributed by atoms with E-state index in [1.807, 2.05) is 0 Å². The number of amides is 1. The van der Waals surface area contributed by atoms with Crippen molar-refractivity contribution >= 4 is 22.0 Å². The minimum Gasteiger partial charge on any atom is -0.466 e. The van der Waals surface area contributed by atoms with Crippen LogP contribution in [0.2, 0.25) is 0 Å². The summed E-state index contributed by atoms with van der Waals surface area (Å²) in [7, 11) is -3.67. The topological polar surface area (TPSA) is 123 Å². The molecule has 1 aliphatic carbocycles. The number of hydrogen-bond donors (Lipinski definition) is 1. The molecular formula is C12H18N2O6S. The summed E-state index contributed by atoms with van der Waals surface area (Å²) in [4.78, 5) is 23.8. The molecular weight excluding hydrogens is 300 g/mol. The van der Waals surface area contributed by atoms with Gasteiger partial charge in [-0.3, -0.25) is 13.8 Å². The molecule has 1 rings (SSSR count). The van der Waals surface area contributed by atoms with Gasteiger partial charge in [0.2, 0.25) is 5.91 Å². The molecule has 0 aliphatic heterocycles. The minimum atomic E-state index is -3.67. The highest BCUT2D eigenvalue weighted by molar-refractivity contribution is 7.86. The molecule has 8 nitrogen and oxygen atoms in total. The van der Waals surface area contributed by atoms with Gasteiger partial charge in [-0.25, -0.2) is 0 Å². The van der Waals surface area contributed by atoms with Crippen molar-refractivity contribution in [2.24, 2.45) is 11.8 Å². The molecule has 1 fully saturated rings. The normalized spacial score (nSPS) is 25.1. The molecule has 0 unspecified atom stereocenters. The Morgan fingerprint density at radius 1 is 1.33 bits per heavy atom. The van der Waals surface area contributed by atoms with Crippen molar-refractivity contribution in [3.8, 4) is 6.07 Å². The number of nitrogens with one attached hydrogen (secondary N) is 1. The van der Waals surface area contributed by atoms with Gasteiger partial charge in [-0.15, -0.1) is 0 Å². The fourth-order valence-corrected chi connectivity index (χ4v) is 3.03. The van der Waals surface area contributed by atoms with Crippen molar-refractivity contribution in [2.45, 2.75) is 25.9 Å². The van der Waals surface area contributed by atoms with E-state index < -0.39 is 39.9 Å². The van der Waals surface area contributed by atoms with E-state index in [0.29, 0.717) is 0 Å². The monoisotopic (exact) mass is 318 g/mol. The van der Waals surface area contributed by atoms with Gasteiger partial charge in [0.15, 0.2) is 0 Å². The number of hydrogen-bond acceptors (Lipinski definition) is 7. The highest BCUT2D eigenvalue weighted by Crippen LogP contribution is 2.35. The maximum Gasteiger partial charge on any atom is 0.309 e. The average molecular weight is 318 g/mol. The van der Waals surface area contributed by atoms with Crippen molar-refractivity contribution in [1.82, 2.24) is 5.32 Å². The van der Waals surface area contributed by atoms with E-state index in [1.165, 1.54) is 0 Å². The van der Waals surface area contributed by atoms with Crippen LogP contribution in [-0.2, 0) is 28.6 Å². The number of esters is 1. The van der Waals surface area contributed by atoms with Gasteiger partial charge in [0, 0.05) is 0 Å². The van der Waals surface area contributed by atoms with E-state index in [1.54, 1.807) is 13.0 Å². The maximum absolute atomic E-state index is 12.0. The Morgan fingerprint density at radius 3 is 2.48 bits per heavy atom. The molecule has 1 N–H and O–H groups in total. The second-order valence-corrected chi connectivity index (χ2v) is 6.34. The largest absolute Gasteiger partial charge is 0.466 e. The van der Waals surface area contributed by atoms with E-state index in [-0.39, 0.29) is 26.0 Å². The van der Waals surface area contributed by atoms with Crippen molar-refractivity contribution in [1.29, 1.82) is 5.26 Å². The molecule has 9 heteroatoms. The van der Waals surface area contributed by atoms with Crippen LogP contribution in [0.25, 0.3) is 0 Å². The lowest BCUT2D eigenvalue weighted by atomic mass is 9.95. The summed E-state index contributed by atoms with van der Waals surface area (Å²) in [5, 5.41) is 10.8. The second kappa shape index (κ2) is 7.38. The Morgan fingerprint density at radius 2 is 1.95 bits per heavy atom. The molecule has 1 amide bonds. The number of nitrogens with zero attached hydrogens (tertiary/aromatic N) is 1. The SMILES string of the molecule is CCOC(=O)[C@@H]1C[C@@H](OS(C)(=O)=O)C[C@H]1C(=O)NCC#N. The Balaban J connectivity index is 2.82. The van der Waals surface area contributed by atoms with Crippen molar-refractivity contribution in [3.05, 3.63) is 0 Å². The van der Waals surface area contributed by atoms with Gasteiger partial charge in [0.05, 0.1) is 36.9 Å². The van der Waals surface area contributed by atoms with Crippen LogP contribution in [0.4, 0.5) is 0 Å². The van der Waals surface area contributed by atoms with Crippen molar-refractivity contribution < 1.29 is 26.9 Å². The van der Waals surface area contributed by atoms with E-state index in [2.05, 4.69) is 5.32 Å². The zero-order valence-electron chi connectivity index (χ0n) is 11.9. The van der Waals surface area contributed by atoms with Crippen LogP contribution < -0.4 is 5.32 Å². The molecule has 0 heterocycles. The molecule has 0 spiro atoms. The van der Waals surface area contributed by atoms with Crippen LogP contribution in [0.1, 0.15) is 19.8 Å². The van der Waals surface area contributed by atoms with Crippen LogP contribution in [0.15, 0.2) is 0 Å². The van der Waals surface area contributed by atoms with Crippen LogP contribution in [-0.4, -0.2) is 45.8 Å². The smallest absolute Gasteiger partial charge is 0.309 e. The predicted molar refractivity (Wildman–Crippen MR) is 71.2 cm³/mol. The Bertz CT molecular complexity index is 538. The molecule has 118 valence electrons. The summed E-state index contributed by atoms with van der Waals surface area (Å²) in [6.07, 6.45) is 0.354. The van der Waals surface area contributed by atoms with Gasteiger partial charge in [-0.2, -0.15) is 13.7 Å². The van der Waals surface area contributed by atoms with Crippen molar-refractivity contribution in [2.75, 3.05) is 19.4 Å². The zero-order chi connectivity index (χ0) is 16.0. The molecule has 21 heavy (non-hydrogen) atoms. The molecule has 1 aliphatic rings. The van der Waals surface area contributed by atoms with Gasteiger partial charge in [0.1, 0.15) is 6.54 Å². The number of nitriles is 1.